The van der Waals surface area contributed by atoms with Gasteiger partial charge in [-0.05, 0) is 42.9 Å². The van der Waals surface area contributed by atoms with E-state index in [4.69, 9.17) is 0 Å². The summed E-state index contributed by atoms with van der Waals surface area (Å²) in [5.41, 5.74) is 6.99. The second-order valence-electron chi connectivity index (χ2n) is 4.77. The molecule has 0 saturated heterocycles. The third kappa shape index (κ3) is 2.27. The van der Waals surface area contributed by atoms with Crippen LogP contribution in [0.4, 0.5) is 0 Å². The van der Waals surface area contributed by atoms with Gasteiger partial charge in [0.1, 0.15) is 0 Å². The molecule has 0 radical (unpaired) electrons. The summed E-state index contributed by atoms with van der Waals surface area (Å²) >= 11 is 0. The van der Waals surface area contributed by atoms with E-state index in [-0.39, 0.29) is 0 Å². The Morgan fingerprint density at radius 2 is 2.12 bits per heavy atom. The van der Waals surface area contributed by atoms with Crippen LogP contribution in [-0.2, 0) is 6.42 Å². The number of unbranched alkanes of at least 4 members (excludes halogenated alkanes) is 1. The molecule has 0 aliphatic heterocycles. The number of fused-ring (bicyclic) bond motifs is 1. The molecule has 2 rings (SSSR count). The van der Waals surface area contributed by atoms with Crippen molar-refractivity contribution in [1.29, 1.82) is 0 Å². The molecule has 0 amide bonds. The largest absolute Gasteiger partial charge is 0.0955 e. The summed E-state index contributed by atoms with van der Waals surface area (Å²) in [6.07, 6.45) is 7.02. The molecule has 0 unspecified atom stereocenters. The second-order valence-corrected chi connectivity index (χ2v) is 4.77. The molecule has 16 heavy (non-hydrogen) atoms. The van der Waals surface area contributed by atoms with Crippen molar-refractivity contribution >= 4 is 5.57 Å². The Kier molecular flexibility index (Phi) is 3.28. The van der Waals surface area contributed by atoms with Gasteiger partial charge in [0.2, 0.25) is 0 Å². The van der Waals surface area contributed by atoms with Crippen molar-refractivity contribution in [1.82, 2.24) is 0 Å². The zero-order chi connectivity index (χ0) is 11.5. The molecule has 0 bridgehead atoms. The molecule has 1 aromatic carbocycles. The smallest absolute Gasteiger partial charge is 0.00254 e. The first-order chi connectivity index (χ1) is 7.70. The number of benzene rings is 1. The molecule has 0 heterocycles. The zero-order valence-electron chi connectivity index (χ0n) is 10.3. The Hall–Kier alpha value is -1.30. The highest BCUT2D eigenvalue weighted by atomic mass is 14.2. The minimum atomic E-state index is 1.02. The van der Waals surface area contributed by atoms with Crippen LogP contribution in [0.2, 0.25) is 0 Å². The maximum absolute atomic E-state index is 4.12. The lowest BCUT2D eigenvalue weighted by Crippen LogP contribution is -2.02. The minimum absolute atomic E-state index is 1.02. The van der Waals surface area contributed by atoms with E-state index in [0.29, 0.717) is 0 Å². The molecule has 1 aliphatic carbocycles. The minimum Gasteiger partial charge on any atom is -0.0955 e. The normalized spacial score (nSPS) is 14.6. The van der Waals surface area contributed by atoms with Crippen molar-refractivity contribution in [2.75, 3.05) is 0 Å². The third-order valence-corrected chi connectivity index (χ3v) is 3.20. The Balaban J connectivity index is 2.35. The molecule has 0 spiro atoms. The van der Waals surface area contributed by atoms with Crippen molar-refractivity contribution in [2.45, 2.75) is 39.5 Å². The lowest BCUT2D eigenvalue weighted by molar-refractivity contribution is 0.821. The quantitative estimate of drug-likeness (QED) is 0.682. The summed E-state index contributed by atoms with van der Waals surface area (Å²) in [6, 6.07) is 6.80. The fourth-order valence-electron chi connectivity index (χ4n) is 2.38. The van der Waals surface area contributed by atoms with E-state index in [1.807, 2.05) is 0 Å². The van der Waals surface area contributed by atoms with E-state index in [9.17, 15) is 0 Å². The average Bonchev–Trinajstić information content (AvgIpc) is 2.25. The second kappa shape index (κ2) is 4.69. The highest BCUT2D eigenvalue weighted by Gasteiger charge is 2.13. The van der Waals surface area contributed by atoms with Crippen LogP contribution >= 0.6 is 0 Å². The molecule has 1 aliphatic rings. The molecule has 0 aromatic heterocycles. The van der Waals surface area contributed by atoms with Gasteiger partial charge in [0, 0.05) is 0 Å². The molecule has 1 aromatic rings. The van der Waals surface area contributed by atoms with Crippen LogP contribution in [0.3, 0.4) is 0 Å². The fraction of sp³-hybridized carbons (Fsp3) is 0.375. The highest BCUT2D eigenvalue weighted by Crippen LogP contribution is 2.32. The first kappa shape index (κ1) is 11.2. The highest BCUT2D eigenvalue weighted by molar-refractivity contribution is 5.74. The van der Waals surface area contributed by atoms with Crippen LogP contribution in [0.5, 0.6) is 0 Å². The topological polar surface area (TPSA) is 0 Å². The molecule has 0 N–H and O–H groups in total. The number of rotatable bonds is 3. The van der Waals surface area contributed by atoms with E-state index in [0.717, 1.165) is 6.42 Å². The van der Waals surface area contributed by atoms with Crippen LogP contribution in [0.15, 0.2) is 36.4 Å². The standard InChI is InChI=1S/C16H20/c1-4-5-6-14-10-13(3)11-15-9-12(2)7-8-16(14)15/h7-10H,3-6,11H2,1-2H3. The lowest BCUT2D eigenvalue weighted by atomic mass is 9.85. The molecule has 0 fully saturated rings. The van der Waals surface area contributed by atoms with Crippen molar-refractivity contribution in [3.05, 3.63) is 53.1 Å². The van der Waals surface area contributed by atoms with Gasteiger partial charge in [0.25, 0.3) is 0 Å². The number of allylic oxidation sites excluding steroid dienone is 3. The summed E-state index contributed by atoms with van der Waals surface area (Å²) in [5, 5.41) is 0. The van der Waals surface area contributed by atoms with Crippen LogP contribution in [0.25, 0.3) is 5.57 Å². The summed E-state index contributed by atoms with van der Waals surface area (Å²) < 4.78 is 0. The molecule has 84 valence electrons. The molecule has 0 saturated carbocycles. The van der Waals surface area contributed by atoms with E-state index < -0.39 is 0 Å². The summed E-state index contributed by atoms with van der Waals surface area (Å²) in [7, 11) is 0. The maximum Gasteiger partial charge on any atom is -0.00254 e. The summed E-state index contributed by atoms with van der Waals surface area (Å²) in [4.78, 5) is 0. The van der Waals surface area contributed by atoms with Crippen molar-refractivity contribution < 1.29 is 0 Å². The Labute approximate surface area is 98.7 Å². The number of hydrogen-bond donors (Lipinski definition) is 0. The lowest BCUT2D eigenvalue weighted by Gasteiger charge is -2.19. The van der Waals surface area contributed by atoms with Gasteiger partial charge in [-0.3, -0.25) is 0 Å². The molecular formula is C16H20. The van der Waals surface area contributed by atoms with Gasteiger partial charge in [-0.15, -0.1) is 0 Å². The predicted molar refractivity (Wildman–Crippen MR) is 71.5 cm³/mol. The van der Waals surface area contributed by atoms with Crippen LogP contribution < -0.4 is 0 Å². The van der Waals surface area contributed by atoms with Crippen LogP contribution in [0.1, 0.15) is 42.9 Å². The molecule has 0 nitrogen and oxygen atoms in total. The van der Waals surface area contributed by atoms with E-state index in [1.165, 1.54) is 47.1 Å². The monoisotopic (exact) mass is 212 g/mol. The van der Waals surface area contributed by atoms with Gasteiger partial charge in [0.05, 0.1) is 0 Å². The van der Waals surface area contributed by atoms with Crippen LogP contribution in [0, 0.1) is 6.92 Å². The first-order valence-corrected chi connectivity index (χ1v) is 6.19. The van der Waals surface area contributed by atoms with E-state index >= 15 is 0 Å². The zero-order valence-corrected chi connectivity index (χ0v) is 10.3. The van der Waals surface area contributed by atoms with Gasteiger partial charge in [-0.1, -0.05) is 55.3 Å². The van der Waals surface area contributed by atoms with Gasteiger partial charge in [-0.2, -0.15) is 0 Å². The Morgan fingerprint density at radius 3 is 2.88 bits per heavy atom. The molecule has 0 atom stereocenters. The van der Waals surface area contributed by atoms with E-state index in [2.05, 4.69) is 44.7 Å². The van der Waals surface area contributed by atoms with Gasteiger partial charge in [0.15, 0.2) is 0 Å². The number of hydrogen-bond acceptors (Lipinski definition) is 0. The maximum atomic E-state index is 4.12. The number of aryl methyl sites for hydroxylation is 1. The Bertz CT molecular complexity index is 435. The molecule has 0 heteroatoms. The summed E-state index contributed by atoms with van der Waals surface area (Å²) in [6.45, 7) is 8.53. The Morgan fingerprint density at radius 1 is 1.31 bits per heavy atom. The van der Waals surface area contributed by atoms with E-state index in [1.54, 1.807) is 0 Å². The predicted octanol–water partition coefficient (Wildman–Crippen LogP) is 4.68. The van der Waals surface area contributed by atoms with Crippen molar-refractivity contribution in [3.8, 4) is 0 Å². The summed E-state index contributed by atoms with van der Waals surface area (Å²) in [5.74, 6) is 0. The van der Waals surface area contributed by atoms with Gasteiger partial charge >= 0.3 is 0 Å². The SMILES string of the molecule is C=C1C=C(CCCC)c2ccc(C)cc2C1. The van der Waals surface area contributed by atoms with Crippen molar-refractivity contribution in [2.24, 2.45) is 0 Å². The van der Waals surface area contributed by atoms with Gasteiger partial charge in [-0.25, -0.2) is 0 Å². The third-order valence-electron chi connectivity index (χ3n) is 3.20. The van der Waals surface area contributed by atoms with Crippen LogP contribution in [-0.4, -0.2) is 0 Å². The average molecular weight is 212 g/mol. The first-order valence-electron chi connectivity index (χ1n) is 6.19. The fourth-order valence-corrected chi connectivity index (χ4v) is 2.38. The molecular weight excluding hydrogens is 192 g/mol. The van der Waals surface area contributed by atoms with Crippen molar-refractivity contribution in [3.63, 3.8) is 0 Å². The van der Waals surface area contributed by atoms with Gasteiger partial charge < -0.3 is 0 Å².